The summed E-state index contributed by atoms with van der Waals surface area (Å²) in [6, 6.07) is 4.38. The van der Waals surface area contributed by atoms with Crippen LogP contribution in [0.4, 0.5) is 0 Å². The molecular formula is C19H22N6O. The molecule has 3 aromatic rings. The van der Waals surface area contributed by atoms with Gasteiger partial charge >= 0.3 is 0 Å². The fraction of sp³-hybridized carbons (Fsp3) is 0.474. The van der Waals surface area contributed by atoms with Gasteiger partial charge in [-0.25, -0.2) is 9.50 Å². The van der Waals surface area contributed by atoms with Crippen molar-refractivity contribution in [3.63, 3.8) is 0 Å². The third kappa shape index (κ3) is 2.26. The van der Waals surface area contributed by atoms with Crippen LogP contribution in [0.2, 0.25) is 0 Å². The number of amides is 1. The van der Waals surface area contributed by atoms with Crippen LogP contribution in [0, 0.1) is 13.8 Å². The molecule has 2 bridgehead atoms. The zero-order valence-electron chi connectivity index (χ0n) is 15.1. The highest BCUT2D eigenvalue weighted by molar-refractivity contribution is 5.78. The number of rotatable bonds is 3. The van der Waals surface area contributed by atoms with Crippen molar-refractivity contribution in [2.24, 2.45) is 0 Å². The molecule has 134 valence electrons. The first kappa shape index (κ1) is 15.5. The Morgan fingerprint density at radius 3 is 3.00 bits per heavy atom. The normalized spacial score (nSPS) is 21.4. The Morgan fingerprint density at radius 2 is 2.19 bits per heavy atom. The summed E-state index contributed by atoms with van der Waals surface area (Å²) in [6.45, 7) is 4.64. The van der Waals surface area contributed by atoms with Gasteiger partial charge in [0.15, 0.2) is 5.65 Å². The van der Waals surface area contributed by atoms with Gasteiger partial charge in [0.2, 0.25) is 5.91 Å². The molecule has 1 fully saturated rings. The number of nitrogens with zero attached hydrogens (tertiary/aromatic N) is 6. The molecule has 0 aliphatic carbocycles. The van der Waals surface area contributed by atoms with Gasteiger partial charge in [0, 0.05) is 55.1 Å². The summed E-state index contributed by atoms with van der Waals surface area (Å²) < 4.78 is 3.88. The first-order chi connectivity index (χ1) is 12.6. The minimum atomic E-state index is 0.136. The number of aryl methyl sites for hydroxylation is 3. The average Bonchev–Trinajstić information content (AvgIpc) is 3.29. The second kappa shape index (κ2) is 5.65. The van der Waals surface area contributed by atoms with Crippen molar-refractivity contribution in [1.29, 1.82) is 0 Å². The van der Waals surface area contributed by atoms with E-state index in [0.29, 0.717) is 13.0 Å². The largest absolute Gasteiger partial charge is 0.332 e. The Morgan fingerprint density at radius 1 is 1.31 bits per heavy atom. The van der Waals surface area contributed by atoms with Crippen LogP contribution >= 0.6 is 0 Å². The minimum absolute atomic E-state index is 0.136. The molecule has 7 heteroatoms. The summed E-state index contributed by atoms with van der Waals surface area (Å²) >= 11 is 0. The Bertz CT molecular complexity index is 1000. The molecule has 0 radical (unpaired) electrons. The number of hydrogen-bond donors (Lipinski definition) is 0. The zero-order chi connectivity index (χ0) is 17.8. The first-order valence-corrected chi connectivity index (χ1v) is 9.25. The molecule has 26 heavy (non-hydrogen) atoms. The van der Waals surface area contributed by atoms with Gasteiger partial charge in [0.1, 0.15) is 0 Å². The molecule has 2 aliphatic rings. The fourth-order valence-electron chi connectivity index (χ4n) is 4.54. The molecule has 3 aromatic heterocycles. The Kier molecular flexibility index (Phi) is 3.38. The lowest BCUT2D eigenvalue weighted by atomic mass is 9.98. The molecule has 2 aliphatic heterocycles. The van der Waals surface area contributed by atoms with Gasteiger partial charge in [-0.2, -0.15) is 10.2 Å². The van der Waals surface area contributed by atoms with Crippen molar-refractivity contribution in [1.82, 2.24) is 29.3 Å². The van der Waals surface area contributed by atoms with Gasteiger partial charge in [0.25, 0.3) is 0 Å². The van der Waals surface area contributed by atoms with Crippen LogP contribution in [-0.4, -0.2) is 41.2 Å². The maximum Gasteiger partial charge on any atom is 0.225 e. The number of carbonyl (C=O) groups excluding carboxylic acids is 1. The second-order valence-electron chi connectivity index (χ2n) is 7.41. The highest BCUT2D eigenvalue weighted by Crippen LogP contribution is 2.43. The zero-order valence-corrected chi connectivity index (χ0v) is 15.1. The van der Waals surface area contributed by atoms with Crippen LogP contribution in [0.15, 0.2) is 24.5 Å². The van der Waals surface area contributed by atoms with Gasteiger partial charge in [-0.3, -0.25) is 9.48 Å². The standard InChI is InChI=1S/C19H22N6O/c1-12-9-18-20-11-15-16-4-3-14(10-17(15)25(18)22-12)24(16)19(26)6-8-23-13(2)5-7-21-23/h5,7,9,11,14,16H,3-4,6,8,10H2,1-2H3/t14-,16+/m1/s1. The molecule has 2 atom stereocenters. The van der Waals surface area contributed by atoms with Crippen molar-refractivity contribution < 1.29 is 4.79 Å². The highest BCUT2D eigenvalue weighted by atomic mass is 16.2. The topological polar surface area (TPSA) is 68.3 Å². The predicted octanol–water partition coefficient (Wildman–Crippen LogP) is 2.22. The van der Waals surface area contributed by atoms with Gasteiger partial charge in [-0.1, -0.05) is 0 Å². The molecule has 1 saturated heterocycles. The van der Waals surface area contributed by atoms with E-state index < -0.39 is 0 Å². The number of fused-ring (bicyclic) bond motifs is 6. The van der Waals surface area contributed by atoms with Crippen LogP contribution in [0.1, 0.15) is 47.9 Å². The number of carbonyl (C=O) groups is 1. The van der Waals surface area contributed by atoms with Gasteiger partial charge in [-0.15, -0.1) is 0 Å². The summed E-state index contributed by atoms with van der Waals surface area (Å²) in [5.41, 5.74) is 5.35. The lowest BCUT2D eigenvalue weighted by Gasteiger charge is -2.36. The first-order valence-electron chi connectivity index (χ1n) is 9.25. The molecule has 0 saturated carbocycles. The molecule has 0 spiro atoms. The Hall–Kier alpha value is -2.70. The Balaban J connectivity index is 1.43. The van der Waals surface area contributed by atoms with E-state index in [9.17, 15) is 4.79 Å². The molecule has 0 N–H and O–H groups in total. The van der Waals surface area contributed by atoms with E-state index in [0.717, 1.165) is 41.9 Å². The van der Waals surface area contributed by atoms with E-state index in [-0.39, 0.29) is 18.0 Å². The second-order valence-corrected chi connectivity index (χ2v) is 7.41. The van der Waals surface area contributed by atoms with E-state index in [1.165, 1.54) is 5.69 Å². The molecule has 0 aromatic carbocycles. The van der Waals surface area contributed by atoms with Gasteiger partial charge in [0.05, 0.1) is 17.4 Å². The van der Waals surface area contributed by atoms with Crippen molar-refractivity contribution >= 4 is 11.6 Å². The summed E-state index contributed by atoms with van der Waals surface area (Å²) in [4.78, 5) is 19.7. The predicted molar refractivity (Wildman–Crippen MR) is 95.6 cm³/mol. The Labute approximate surface area is 151 Å². The quantitative estimate of drug-likeness (QED) is 0.726. The minimum Gasteiger partial charge on any atom is -0.332 e. The molecular weight excluding hydrogens is 328 g/mol. The summed E-state index contributed by atoms with van der Waals surface area (Å²) in [5, 5.41) is 8.90. The highest BCUT2D eigenvalue weighted by Gasteiger charge is 2.43. The molecule has 5 rings (SSSR count). The summed E-state index contributed by atoms with van der Waals surface area (Å²) in [7, 11) is 0. The number of hydrogen-bond acceptors (Lipinski definition) is 4. The van der Waals surface area contributed by atoms with Crippen molar-refractivity contribution in [3.05, 3.63) is 47.2 Å². The van der Waals surface area contributed by atoms with E-state index in [2.05, 4.69) is 20.1 Å². The average molecular weight is 350 g/mol. The van der Waals surface area contributed by atoms with Gasteiger partial charge in [-0.05, 0) is 32.8 Å². The molecule has 5 heterocycles. The third-order valence-corrected chi connectivity index (χ3v) is 5.78. The van der Waals surface area contributed by atoms with Crippen molar-refractivity contribution in [2.75, 3.05) is 0 Å². The van der Waals surface area contributed by atoms with E-state index >= 15 is 0 Å². The molecule has 1 amide bonds. The SMILES string of the molecule is Cc1cc2ncc3c(n2n1)C[C@H]1CC[C@@H]3N1C(=O)CCn1nccc1C. The smallest absolute Gasteiger partial charge is 0.225 e. The summed E-state index contributed by atoms with van der Waals surface area (Å²) in [5.74, 6) is 0.217. The number of aromatic nitrogens is 5. The fourth-order valence-corrected chi connectivity index (χ4v) is 4.54. The van der Waals surface area contributed by atoms with Crippen LogP contribution in [0.5, 0.6) is 0 Å². The lowest BCUT2D eigenvalue weighted by Crippen LogP contribution is -2.43. The third-order valence-electron chi connectivity index (χ3n) is 5.78. The lowest BCUT2D eigenvalue weighted by molar-refractivity contribution is -0.135. The summed E-state index contributed by atoms with van der Waals surface area (Å²) in [6.07, 6.45) is 7.14. The maximum atomic E-state index is 13.0. The van der Waals surface area contributed by atoms with Crippen LogP contribution in [0.3, 0.4) is 0 Å². The molecule has 0 unspecified atom stereocenters. The maximum absolute atomic E-state index is 13.0. The van der Waals surface area contributed by atoms with E-state index in [4.69, 9.17) is 0 Å². The van der Waals surface area contributed by atoms with E-state index in [1.807, 2.05) is 41.4 Å². The van der Waals surface area contributed by atoms with Gasteiger partial charge < -0.3 is 4.90 Å². The van der Waals surface area contributed by atoms with Crippen molar-refractivity contribution in [3.8, 4) is 0 Å². The molecule has 7 nitrogen and oxygen atoms in total. The van der Waals surface area contributed by atoms with E-state index in [1.54, 1.807) is 6.20 Å². The van der Waals surface area contributed by atoms with Crippen LogP contribution in [0.25, 0.3) is 5.65 Å². The monoisotopic (exact) mass is 350 g/mol. The van der Waals surface area contributed by atoms with Crippen LogP contribution < -0.4 is 0 Å². The van der Waals surface area contributed by atoms with Crippen LogP contribution in [-0.2, 0) is 17.8 Å². The van der Waals surface area contributed by atoms with Crippen molar-refractivity contribution in [2.45, 2.75) is 58.2 Å².